The van der Waals surface area contributed by atoms with Crippen molar-refractivity contribution in [3.63, 3.8) is 0 Å². The molecule has 5 rings (SSSR count). The van der Waals surface area contributed by atoms with E-state index in [0.717, 1.165) is 27.5 Å². The van der Waals surface area contributed by atoms with Crippen LogP contribution in [-0.2, 0) is 0 Å². The molecule has 0 saturated carbocycles. The lowest BCUT2D eigenvalue weighted by molar-refractivity contribution is 0.669. The van der Waals surface area contributed by atoms with Crippen molar-refractivity contribution in [2.24, 2.45) is 0 Å². The Morgan fingerprint density at radius 2 is 1.20 bits per heavy atom. The van der Waals surface area contributed by atoms with Gasteiger partial charge in [0.15, 0.2) is 0 Å². The standard InChI is InChI=1S/C29H22O/c1-3-20(4-2)22-10-12-23(13-11-22)25-15-17-29-27(19-25)26-18-24(14-16-28(26)30-29)21-8-6-5-7-9-21/h3-19H,1H2,2H3/b20-4-. The van der Waals surface area contributed by atoms with Crippen molar-refractivity contribution in [3.8, 4) is 22.3 Å². The second-order valence-electron chi connectivity index (χ2n) is 7.42. The topological polar surface area (TPSA) is 13.1 Å². The van der Waals surface area contributed by atoms with Crippen LogP contribution in [0.1, 0.15) is 12.5 Å². The average Bonchev–Trinajstić information content (AvgIpc) is 3.18. The number of allylic oxidation sites excluding steroid dienone is 3. The van der Waals surface area contributed by atoms with Gasteiger partial charge in [-0.2, -0.15) is 0 Å². The molecule has 0 aliphatic heterocycles. The highest BCUT2D eigenvalue weighted by molar-refractivity contribution is 6.07. The summed E-state index contributed by atoms with van der Waals surface area (Å²) in [6.45, 7) is 5.93. The first-order valence-corrected chi connectivity index (χ1v) is 10.2. The molecule has 5 aromatic rings. The predicted molar refractivity (Wildman–Crippen MR) is 128 cm³/mol. The van der Waals surface area contributed by atoms with Crippen LogP contribution in [0.5, 0.6) is 0 Å². The predicted octanol–water partition coefficient (Wildman–Crippen LogP) is 8.51. The maximum atomic E-state index is 6.10. The van der Waals surface area contributed by atoms with Crippen molar-refractivity contribution in [2.75, 3.05) is 0 Å². The maximum Gasteiger partial charge on any atom is 0.135 e. The first-order valence-electron chi connectivity index (χ1n) is 10.2. The normalized spacial score (nSPS) is 11.8. The van der Waals surface area contributed by atoms with Crippen LogP contribution < -0.4 is 0 Å². The second-order valence-corrected chi connectivity index (χ2v) is 7.42. The quantitative estimate of drug-likeness (QED) is 0.282. The molecule has 1 nitrogen and oxygen atoms in total. The van der Waals surface area contributed by atoms with E-state index in [1.54, 1.807) is 0 Å². The summed E-state index contributed by atoms with van der Waals surface area (Å²) in [6, 6.07) is 31.9. The molecule has 1 heterocycles. The monoisotopic (exact) mass is 386 g/mol. The summed E-state index contributed by atoms with van der Waals surface area (Å²) in [6.07, 6.45) is 3.97. The van der Waals surface area contributed by atoms with E-state index in [0.29, 0.717) is 0 Å². The van der Waals surface area contributed by atoms with Gasteiger partial charge in [0.25, 0.3) is 0 Å². The van der Waals surface area contributed by atoms with Crippen LogP contribution >= 0.6 is 0 Å². The number of furan rings is 1. The van der Waals surface area contributed by atoms with Crippen LogP contribution in [0.25, 0.3) is 49.8 Å². The number of hydrogen-bond donors (Lipinski definition) is 0. The smallest absolute Gasteiger partial charge is 0.135 e. The summed E-state index contributed by atoms with van der Waals surface area (Å²) in [4.78, 5) is 0. The minimum Gasteiger partial charge on any atom is -0.456 e. The molecule has 144 valence electrons. The third-order valence-corrected chi connectivity index (χ3v) is 5.66. The summed E-state index contributed by atoms with van der Waals surface area (Å²) >= 11 is 0. The third kappa shape index (κ3) is 3.15. The summed E-state index contributed by atoms with van der Waals surface area (Å²) in [5, 5.41) is 2.29. The number of benzene rings is 4. The fourth-order valence-electron chi connectivity index (χ4n) is 4.02. The molecular weight excluding hydrogens is 364 g/mol. The summed E-state index contributed by atoms with van der Waals surface area (Å²) < 4.78 is 6.10. The van der Waals surface area contributed by atoms with Gasteiger partial charge in [0.1, 0.15) is 11.2 Å². The van der Waals surface area contributed by atoms with E-state index in [-0.39, 0.29) is 0 Å². The molecule has 0 unspecified atom stereocenters. The van der Waals surface area contributed by atoms with E-state index in [9.17, 15) is 0 Å². The Labute approximate surface area is 176 Å². The van der Waals surface area contributed by atoms with Crippen molar-refractivity contribution in [1.29, 1.82) is 0 Å². The number of hydrogen-bond acceptors (Lipinski definition) is 1. The zero-order valence-corrected chi connectivity index (χ0v) is 16.9. The number of rotatable bonds is 4. The molecule has 0 bridgehead atoms. The lowest BCUT2D eigenvalue weighted by Gasteiger charge is -2.06. The number of fused-ring (bicyclic) bond motifs is 3. The Morgan fingerprint density at radius 1 is 0.667 bits per heavy atom. The first kappa shape index (κ1) is 18.2. The van der Waals surface area contributed by atoms with Gasteiger partial charge in [-0.05, 0) is 64.6 Å². The van der Waals surface area contributed by atoms with Gasteiger partial charge in [-0.1, -0.05) is 85.5 Å². The molecule has 0 saturated heterocycles. The van der Waals surface area contributed by atoms with Crippen LogP contribution in [0.15, 0.2) is 114 Å². The van der Waals surface area contributed by atoms with Crippen molar-refractivity contribution in [2.45, 2.75) is 6.92 Å². The van der Waals surface area contributed by atoms with Crippen molar-refractivity contribution >= 4 is 27.5 Å². The van der Waals surface area contributed by atoms with Crippen molar-refractivity contribution < 1.29 is 4.42 Å². The molecule has 1 aromatic heterocycles. The molecule has 0 spiro atoms. The van der Waals surface area contributed by atoms with E-state index in [1.807, 2.05) is 19.1 Å². The molecule has 0 radical (unpaired) electrons. The van der Waals surface area contributed by atoms with Crippen molar-refractivity contribution in [1.82, 2.24) is 0 Å². The van der Waals surface area contributed by atoms with E-state index >= 15 is 0 Å². The van der Waals surface area contributed by atoms with E-state index in [4.69, 9.17) is 4.42 Å². The molecule has 0 aliphatic carbocycles. The van der Waals surface area contributed by atoms with Gasteiger partial charge in [-0.3, -0.25) is 0 Å². The van der Waals surface area contributed by atoms with Gasteiger partial charge in [-0.15, -0.1) is 0 Å². The SMILES string of the molecule is C=C/C(=C/C)c1ccc(-c2ccc3oc4ccc(-c5ccccc5)cc4c3c2)cc1. The molecule has 0 fully saturated rings. The minimum absolute atomic E-state index is 0.915. The van der Waals surface area contributed by atoms with E-state index < -0.39 is 0 Å². The Balaban J connectivity index is 1.61. The molecule has 4 aromatic carbocycles. The summed E-state index contributed by atoms with van der Waals surface area (Å²) in [5.74, 6) is 0. The molecule has 0 aliphatic rings. The highest BCUT2D eigenvalue weighted by atomic mass is 16.3. The Morgan fingerprint density at radius 3 is 1.73 bits per heavy atom. The third-order valence-electron chi connectivity index (χ3n) is 5.66. The van der Waals surface area contributed by atoms with Crippen LogP contribution in [0.4, 0.5) is 0 Å². The molecule has 30 heavy (non-hydrogen) atoms. The van der Waals surface area contributed by atoms with Gasteiger partial charge in [0, 0.05) is 10.8 Å². The fourth-order valence-corrected chi connectivity index (χ4v) is 4.02. The first-order chi connectivity index (χ1) is 14.8. The van der Waals surface area contributed by atoms with Gasteiger partial charge in [0.05, 0.1) is 0 Å². The maximum absolute atomic E-state index is 6.10. The summed E-state index contributed by atoms with van der Waals surface area (Å²) in [5.41, 5.74) is 8.94. The van der Waals surface area contributed by atoms with Gasteiger partial charge < -0.3 is 4.42 Å². The zero-order chi connectivity index (χ0) is 20.5. The Hall–Kier alpha value is -3.84. The zero-order valence-electron chi connectivity index (χ0n) is 16.9. The molecule has 1 heteroatoms. The molecular formula is C29H22O. The molecule has 0 atom stereocenters. The fraction of sp³-hybridized carbons (Fsp3) is 0.0345. The largest absolute Gasteiger partial charge is 0.456 e. The molecule has 0 amide bonds. The highest BCUT2D eigenvalue weighted by Gasteiger charge is 2.10. The van der Waals surface area contributed by atoms with Crippen molar-refractivity contribution in [3.05, 3.63) is 115 Å². The minimum atomic E-state index is 0.915. The van der Waals surface area contributed by atoms with E-state index in [1.165, 1.54) is 27.8 Å². The van der Waals surface area contributed by atoms with Crippen LogP contribution in [0.2, 0.25) is 0 Å². The van der Waals surface area contributed by atoms with Crippen LogP contribution in [0.3, 0.4) is 0 Å². The highest BCUT2D eigenvalue weighted by Crippen LogP contribution is 2.35. The van der Waals surface area contributed by atoms with Crippen LogP contribution in [0, 0.1) is 0 Å². The summed E-state index contributed by atoms with van der Waals surface area (Å²) in [7, 11) is 0. The second kappa shape index (κ2) is 7.53. The van der Waals surface area contributed by atoms with Gasteiger partial charge in [0.2, 0.25) is 0 Å². The molecule has 0 N–H and O–H groups in total. The Kier molecular flexibility index (Phi) is 4.57. The Bertz CT molecular complexity index is 1380. The van der Waals surface area contributed by atoms with E-state index in [2.05, 4.69) is 97.6 Å². The lowest BCUT2D eigenvalue weighted by Crippen LogP contribution is -1.82. The van der Waals surface area contributed by atoms with Gasteiger partial charge >= 0.3 is 0 Å². The lowest BCUT2D eigenvalue weighted by atomic mass is 9.98. The van der Waals surface area contributed by atoms with Crippen LogP contribution in [-0.4, -0.2) is 0 Å². The average molecular weight is 386 g/mol. The van der Waals surface area contributed by atoms with Gasteiger partial charge in [-0.25, -0.2) is 0 Å².